The van der Waals surface area contributed by atoms with Crippen LogP contribution >= 0.6 is 0 Å². The van der Waals surface area contributed by atoms with Crippen molar-refractivity contribution in [1.82, 2.24) is 9.38 Å². The number of fused-ring (bicyclic) bond motifs is 1. The molecule has 7 heteroatoms. The molecule has 0 aliphatic carbocycles. The predicted octanol–water partition coefficient (Wildman–Crippen LogP) is 1.15. The zero-order valence-corrected chi connectivity index (χ0v) is 11.5. The third-order valence-corrected chi connectivity index (χ3v) is 5.99. The summed E-state index contributed by atoms with van der Waals surface area (Å²) in [5, 5.41) is 8.77. The van der Waals surface area contributed by atoms with Crippen molar-refractivity contribution in [3.63, 3.8) is 0 Å². The van der Waals surface area contributed by atoms with Crippen LogP contribution in [0.15, 0.2) is 24.4 Å². The molecule has 106 valence electrons. The number of sulfone groups is 1. The van der Waals surface area contributed by atoms with Gasteiger partial charge in [-0.1, -0.05) is 6.07 Å². The summed E-state index contributed by atoms with van der Waals surface area (Å²) in [6.07, 6.45) is 3.12. The molecule has 3 rings (SSSR count). The van der Waals surface area contributed by atoms with Gasteiger partial charge in [0, 0.05) is 6.42 Å². The third kappa shape index (κ3) is 2.07. The molecular weight excluding hydrogens is 280 g/mol. The molecule has 1 aliphatic heterocycles. The summed E-state index contributed by atoms with van der Waals surface area (Å²) >= 11 is 0. The lowest BCUT2D eigenvalue weighted by Gasteiger charge is -2.10. The Kier molecular flexibility index (Phi) is 3.01. The number of rotatable bonds is 3. The lowest BCUT2D eigenvalue weighted by Crippen LogP contribution is -2.20. The fourth-order valence-corrected chi connectivity index (χ4v) is 4.55. The first-order valence-corrected chi connectivity index (χ1v) is 8.11. The molecule has 1 fully saturated rings. The molecule has 2 aromatic rings. The van der Waals surface area contributed by atoms with Crippen molar-refractivity contribution in [3.8, 4) is 0 Å². The van der Waals surface area contributed by atoms with Crippen LogP contribution in [0.1, 0.15) is 29.2 Å². The number of imidazole rings is 1. The van der Waals surface area contributed by atoms with Crippen LogP contribution < -0.4 is 0 Å². The Bertz CT molecular complexity index is 779. The minimum atomic E-state index is -3.07. The molecule has 1 atom stereocenters. The number of carbonyl (C=O) groups is 1. The van der Waals surface area contributed by atoms with Gasteiger partial charge in [0.1, 0.15) is 11.5 Å². The number of aromatic carboxylic acids is 1. The molecule has 0 amide bonds. The number of nitrogens with zero attached hydrogens (tertiary/aromatic N) is 2. The molecule has 0 aromatic carbocycles. The monoisotopic (exact) mass is 294 g/mol. The Morgan fingerprint density at radius 2 is 2.25 bits per heavy atom. The molecule has 3 heterocycles. The van der Waals surface area contributed by atoms with Crippen LogP contribution in [0.4, 0.5) is 0 Å². The minimum absolute atomic E-state index is 0.102. The molecule has 1 saturated heterocycles. The van der Waals surface area contributed by atoms with E-state index in [9.17, 15) is 18.3 Å². The quantitative estimate of drug-likeness (QED) is 0.917. The lowest BCUT2D eigenvalue weighted by molar-refractivity contribution is 0.0688. The van der Waals surface area contributed by atoms with Crippen LogP contribution in [0.25, 0.3) is 5.52 Å². The van der Waals surface area contributed by atoms with Crippen molar-refractivity contribution in [3.05, 3.63) is 35.9 Å². The second kappa shape index (κ2) is 4.59. The smallest absolute Gasteiger partial charge is 0.352 e. The SMILES string of the molecule is O=C(O)c1cccc2cnc(CC3CCCS3(=O)=O)n12. The van der Waals surface area contributed by atoms with Gasteiger partial charge in [-0.2, -0.15) is 0 Å². The van der Waals surface area contributed by atoms with Crippen molar-refractivity contribution in [2.24, 2.45) is 0 Å². The van der Waals surface area contributed by atoms with E-state index < -0.39 is 21.1 Å². The number of carboxylic acids is 1. The molecule has 0 saturated carbocycles. The van der Waals surface area contributed by atoms with Crippen molar-refractivity contribution >= 4 is 21.3 Å². The van der Waals surface area contributed by atoms with Crippen molar-refractivity contribution < 1.29 is 18.3 Å². The van der Waals surface area contributed by atoms with Crippen molar-refractivity contribution in [2.75, 3.05) is 5.75 Å². The van der Waals surface area contributed by atoms with Gasteiger partial charge in [-0.25, -0.2) is 18.2 Å². The Morgan fingerprint density at radius 1 is 1.45 bits per heavy atom. The van der Waals surface area contributed by atoms with Gasteiger partial charge in [0.2, 0.25) is 0 Å². The molecule has 1 unspecified atom stereocenters. The highest BCUT2D eigenvalue weighted by Gasteiger charge is 2.32. The topological polar surface area (TPSA) is 88.7 Å². The summed E-state index contributed by atoms with van der Waals surface area (Å²) in [5.74, 6) is -0.343. The molecular formula is C13H14N2O4S. The molecule has 2 aromatic heterocycles. The summed E-state index contributed by atoms with van der Waals surface area (Å²) in [6.45, 7) is 0. The van der Waals surface area contributed by atoms with Gasteiger partial charge in [-0.3, -0.25) is 4.40 Å². The minimum Gasteiger partial charge on any atom is -0.477 e. The lowest BCUT2D eigenvalue weighted by atomic mass is 10.2. The second-order valence-electron chi connectivity index (χ2n) is 4.99. The van der Waals surface area contributed by atoms with Crippen LogP contribution in [0.3, 0.4) is 0 Å². The fourth-order valence-electron chi connectivity index (χ4n) is 2.72. The van der Waals surface area contributed by atoms with E-state index in [4.69, 9.17) is 0 Å². The van der Waals surface area contributed by atoms with Crippen LogP contribution in [-0.2, 0) is 16.3 Å². The van der Waals surface area contributed by atoms with E-state index >= 15 is 0 Å². The fraction of sp³-hybridized carbons (Fsp3) is 0.385. The maximum atomic E-state index is 11.9. The summed E-state index contributed by atoms with van der Waals surface area (Å²) in [5.41, 5.74) is 0.765. The van der Waals surface area contributed by atoms with E-state index in [0.29, 0.717) is 24.2 Å². The highest BCUT2D eigenvalue weighted by molar-refractivity contribution is 7.92. The van der Waals surface area contributed by atoms with E-state index in [0.717, 1.165) is 0 Å². The normalized spacial score (nSPS) is 21.3. The first kappa shape index (κ1) is 13.1. The van der Waals surface area contributed by atoms with Gasteiger partial charge >= 0.3 is 5.97 Å². The predicted molar refractivity (Wildman–Crippen MR) is 72.7 cm³/mol. The van der Waals surface area contributed by atoms with E-state index in [-0.39, 0.29) is 17.9 Å². The molecule has 6 nitrogen and oxygen atoms in total. The average molecular weight is 294 g/mol. The summed E-state index contributed by atoms with van der Waals surface area (Å²) < 4.78 is 25.3. The molecule has 0 spiro atoms. The van der Waals surface area contributed by atoms with Gasteiger partial charge in [-0.05, 0) is 25.0 Å². The summed E-state index contributed by atoms with van der Waals surface area (Å²) in [4.78, 5) is 15.5. The van der Waals surface area contributed by atoms with Gasteiger partial charge < -0.3 is 5.11 Å². The van der Waals surface area contributed by atoms with E-state index in [1.807, 2.05) is 0 Å². The van der Waals surface area contributed by atoms with Gasteiger partial charge in [0.15, 0.2) is 9.84 Å². The van der Waals surface area contributed by atoms with E-state index in [1.165, 1.54) is 10.5 Å². The summed E-state index contributed by atoms with van der Waals surface area (Å²) in [6, 6.07) is 4.90. The second-order valence-corrected chi connectivity index (χ2v) is 7.39. The molecule has 1 N–H and O–H groups in total. The van der Waals surface area contributed by atoms with Gasteiger partial charge in [0.05, 0.1) is 22.7 Å². The number of hydrogen-bond donors (Lipinski definition) is 1. The first-order valence-electron chi connectivity index (χ1n) is 6.39. The third-order valence-electron chi connectivity index (χ3n) is 3.72. The van der Waals surface area contributed by atoms with Crippen LogP contribution in [0, 0.1) is 0 Å². The highest BCUT2D eigenvalue weighted by Crippen LogP contribution is 2.24. The zero-order chi connectivity index (χ0) is 14.3. The molecule has 20 heavy (non-hydrogen) atoms. The Labute approximate surface area is 116 Å². The van der Waals surface area contributed by atoms with E-state index in [2.05, 4.69) is 4.98 Å². The zero-order valence-electron chi connectivity index (χ0n) is 10.7. The Balaban J connectivity index is 2.06. The number of pyridine rings is 1. The average Bonchev–Trinajstić information content (AvgIpc) is 2.94. The molecule has 0 radical (unpaired) electrons. The van der Waals surface area contributed by atoms with Crippen molar-refractivity contribution in [1.29, 1.82) is 0 Å². The first-order chi connectivity index (χ1) is 9.49. The van der Waals surface area contributed by atoms with E-state index in [1.54, 1.807) is 18.3 Å². The Morgan fingerprint density at radius 3 is 2.90 bits per heavy atom. The number of hydrogen-bond acceptors (Lipinski definition) is 4. The maximum Gasteiger partial charge on any atom is 0.352 e. The summed E-state index contributed by atoms with van der Waals surface area (Å²) in [7, 11) is -3.07. The molecule has 1 aliphatic rings. The highest BCUT2D eigenvalue weighted by atomic mass is 32.2. The molecule has 0 bridgehead atoms. The van der Waals surface area contributed by atoms with Crippen LogP contribution in [0.2, 0.25) is 0 Å². The van der Waals surface area contributed by atoms with Crippen LogP contribution in [0.5, 0.6) is 0 Å². The van der Waals surface area contributed by atoms with Gasteiger partial charge in [0.25, 0.3) is 0 Å². The Hall–Kier alpha value is -1.89. The van der Waals surface area contributed by atoms with Gasteiger partial charge in [-0.15, -0.1) is 0 Å². The van der Waals surface area contributed by atoms with Crippen molar-refractivity contribution in [2.45, 2.75) is 24.5 Å². The maximum absolute atomic E-state index is 11.9. The standard InChI is InChI=1S/C13H14N2O4S/c16-13(17)11-5-1-3-9-8-14-12(15(9)11)7-10-4-2-6-20(10,18)19/h1,3,5,8,10H,2,4,6-7H2,(H,16,17). The number of carboxylic acid groups (broad SMARTS) is 1. The van der Waals surface area contributed by atoms with Crippen LogP contribution in [-0.4, -0.2) is 39.9 Å². The number of aromatic nitrogens is 2. The largest absolute Gasteiger partial charge is 0.477 e.